The Morgan fingerprint density at radius 3 is 2.71 bits per heavy atom. The third kappa shape index (κ3) is 2.48. The van der Waals surface area contributed by atoms with Crippen LogP contribution in [0, 0.1) is 5.82 Å². The third-order valence-electron chi connectivity index (χ3n) is 3.15. The van der Waals surface area contributed by atoms with E-state index in [9.17, 15) is 14.0 Å². The molecule has 1 heterocycles. The van der Waals surface area contributed by atoms with Crippen LogP contribution in [0.1, 0.15) is 5.56 Å². The number of hydrogen-bond acceptors (Lipinski definition) is 3. The smallest absolute Gasteiger partial charge is 0.372 e. The van der Waals surface area contributed by atoms with Crippen LogP contribution in [0.15, 0.2) is 56.5 Å². The summed E-state index contributed by atoms with van der Waals surface area (Å²) in [6, 6.07) is 10.6. The first-order chi connectivity index (χ1) is 10.1. The molecule has 0 aliphatic rings. The van der Waals surface area contributed by atoms with Gasteiger partial charge in [-0.1, -0.05) is 23.7 Å². The fraction of sp³-hybridized carbons (Fsp3) is 0.0667. The first-order valence-corrected chi connectivity index (χ1v) is 6.50. The van der Waals surface area contributed by atoms with Gasteiger partial charge in [0.15, 0.2) is 0 Å². The third-order valence-corrected chi connectivity index (χ3v) is 3.39. The maximum absolute atomic E-state index is 13.8. The minimum absolute atomic E-state index is 0.0739. The van der Waals surface area contributed by atoms with Crippen molar-refractivity contribution < 1.29 is 8.81 Å². The molecule has 0 amide bonds. The molecule has 21 heavy (non-hydrogen) atoms. The van der Waals surface area contributed by atoms with Crippen LogP contribution in [-0.2, 0) is 6.54 Å². The Morgan fingerprint density at radius 1 is 1.14 bits per heavy atom. The molecule has 106 valence electrons. The summed E-state index contributed by atoms with van der Waals surface area (Å²) in [7, 11) is 0. The van der Waals surface area contributed by atoms with E-state index in [4.69, 9.17) is 11.6 Å². The van der Waals surface area contributed by atoms with Crippen LogP contribution in [0.4, 0.5) is 4.39 Å². The maximum atomic E-state index is 13.8. The summed E-state index contributed by atoms with van der Waals surface area (Å²) in [5.74, 6) is -1.32. The Kier molecular flexibility index (Phi) is 3.35. The average Bonchev–Trinajstić information content (AvgIpc) is 2.47. The second kappa shape index (κ2) is 5.18. The minimum atomic E-state index is -0.835. The standard InChI is InChI=1S/C15H9ClFNO3/c16-10-5-6-12(17)9(7-10)8-18-13-4-2-1-3-11(13)14(19)21-15(18)20/h1-7H,8H2. The van der Waals surface area contributed by atoms with Gasteiger partial charge in [-0.05, 0) is 30.3 Å². The van der Waals surface area contributed by atoms with Gasteiger partial charge in [-0.15, -0.1) is 0 Å². The predicted molar refractivity (Wildman–Crippen MR) is 77.3 cm³/mol. The van der Waals surface area contributed by atoms with Gasteiger partial charge in [0.05, 0.1) is 17.4 Å². The molecule has 0 N–H and O–H groups in total. The van der Waals surface area contributed by atoms with Crippen molar-refractivity contribution in [2.45, 2.75) is 6.54 Å². The van der Waals surface area contributed by atoms with E-state index in [0.29, 0.717) is 10.5 Å². The van der Waals surface area contributed by atoms with Crippen LogP contribution in [0.5, 0.6) is 0 Å². The van der Waals surface area contributed by atoms with Crippen LogP contribution in [-0.4, -0.2) is 4.57 Å². The Bertz CT molecular complexity index is 946. The number of rotatable bonds is 2. The predicted octanol–water partition coefficient (Wildman–Crippen LogP) is 2.80. The number of aromatic nitrogens is 1. The van der Waals surface area contributed by atoms with Gasteiger partial charge in [-0.25, -0.2) is 14.0 Å². The largest absolute Gasteiger partial charge is 0.422 e. The number of hydrogen-bond donors (Lipinski definition) is 0. The van der Waals surface area contributed by atoms with Crippen molar-refractivity contribution in [1.82, 2.24) is 4.57 Å². The summed E-state index contributed by atoms with van der Waals surface area (Å²) in [4.78, 5) is 23.5. The van der Waals surface area contributed by atoms with E-state index in [1.807, 2.05) is 0 Å². The molecule has 0 radical (unpaired) electrons. The van der Waals surface area contributed by atoms with Crippen molar-refractivity contribution >= 4 is 22.5 Å². The zero-order valence-electron chi connectivity index (χ0n) is 10.7. The lowest BCUT2D eigenvalue weighted by molar-refractivity contribution is 0.423. The minimum Gasteiger partial charge on any atom is -0.372 e. The summed E-state index contributed by atoms with van der Waals surface area (Å²) in [5, 5.41) is 0.626. The van der Waals surface area contributed by atoms with Gasteiger partial charge in [0.25, 0.3) is 0 Å². The SMILES string of the molecule is O=c1oc(=O)n(Cc2cc(Cl)ccc2F)c2ccccc12. The Hall–Kier alpha value is -2.40. The molecule has 0 atom stereocenters. The number of nitrogens with zero attached hydrogens (tertiary/aromatic N) is 1. The highest BCUT2D eigenvalue weighted by molar-refractivity contribution is 6.30. The number of benzene rings is 2. The quantitative estimate of drug-likeness (QED) is 0.731. The second-order valence-electron chi connectivity index (χ2n) is 4.49. The fourth-order valence-electron chi connectivity index (χ4n) is 2.15. The summed E-state index contributed by atoms with van der Waals surface area (Å²) >= 11 is 5.84. The van der Waals surface area contributed by atoms with E-state index in [2.05, 4.69) is 4.42 Å². The number of para-hydroxylation sites is 1. The molecule has 0 spiro atoms. The summed E-state index contributed by atoms with van der Waals surface area (Å²) in [6.07, 6.45) is 0. The molecule has 0 fully saturated rings. The van der Waals surface area contributed by atoms with E-state index < -0.39 is 17.2 Å². The van der Waals surface area contributed by atoms with Gasteiger partial charge in [-0.3, -0.25) is 4.57 Å². The molecule has 0 aliphatic heterocycles. The molecule has 2 aromatic carbocycles. The van der Waals surface area contributed by atoms with Crippen molar-refractivity contribution in [3.8, 4) is 0 Å². The van der Waals surface area contributed by atoms with Gasteiger partial charge in [-0.2, -0.15) is 0 Å². The lowest BCUT2D eigenvalue weighted by Gasteiger charge is -2.09. The molecule has 0 bridgehead atoms. The first-order valence-electron chi connectivity index (χ1n) is 6.13. The van der Waals surface area contributed by atoms with E-state index in [-0.39, 0.29) is 17.5 Å². The molecule has 6 heteroatoms. The molecule has 3 aromatic rings. The summed E-state index contributed by atoms with van der Waals surface area (Å²) in [6.45, 7) is -0.0739. The fourth-order valence-corrected chi connectivity index (χ4v) is 2.35. The molecule has 1 aromatic heterocycles. The topological polar surface area (TPSA) is 52.2 Å². The second-order valence-corrected chi connectivity index (χ2v) is 4.93. The maximum Gasteiger partial charge on any atom is 0.422 e. The van der Waals surface area contributed by atoms with Gasteiger partial charge < -0.3 is 4.42 Å². The van der Waals surface area contributed by atoms with Crippen molar-refractivity contribution in [2.75, 3.05) is 0 Å². The van der Waals surface area contributed by atoms with Crippen molar-refractivity contribution in [1.29, 1.82) is 0 Å². The molecular formula is C15H9ClFNO3. The van der Waals surface area contributed by atoms with Crippen LogP contribution >= 0.6 is 11.6 Å². The van der Waals surface area contributed by atoms with E-state index in [0.717, 1.165) is 0 Å². The van der Waals surface area contributed by atoms with Crippen LogP contribution in [0.2, 0.25) is 5.02 Å². The number of halogens is 2. The molecule has 0 saturated carbocycles. The Morgan fingerprint density at radius 2 is 1.90 bits per heavy atom. The average molecular weight is 306 g/mol. The van der Waals surface area contributed by atoms with Crippen LogP contribution in [0.25, 0.3) is 10.9 Å². The zero-order chi connectivity index (χ0) is 15.0. The molecule has 3 rings (SSSR count). The highest BCUT2D eigenvalue weighted by atomic mass is 35.5. The summed E-state index contributed by atoms with van der Waals surface area (Å²) in [5.41, 5.74) is -0.0832. The van der Waals surface area contributed by atoms with Gasteiger partial charge in [0.1, 0.15) is 5.82 Å². The van der Waals surface area contributed by atoms with Crippen molar-refractivity contribution in [3.05, 3.63) is 79.8 Å². The van der Waals surface area contributed by atoms with Gasteiger partial charge in [0.2, 0.25) is 0 Å². The van der Waals surface area contributed by atoms with Crippen molar-refractivity contribution in [3.63, 3.8) is 0 Å². The van der Waals surface area contributed by atoms with Crippen LogP contribution < -0.4 is 11.4 Å². The van der Waals surface area contributed by atoms with E-state index in [1.165, 1.54) is 22.8 Å². The molecule has 4 nitrogen and oxygen atoms in total. The lowest BCUT2D eigenvalue weighted by atomic mass is 10.2. The normalized spacial score (nSPS) is 11.0. The van der Waals surface area contributed by atoms with E-state index in [1.54, 1.807) is 24.3 Å². The first kappa shape index (κ1) is 13.6. The molecule has 0 saturated heterocycles. The van der Waals surface area contributed by atoms with Crippen LogP contribution in [0.3, 0.4) is 0 Å². The Labute approximate surface area is 123 Å². The monoisotopic (exact) mass is 305 g/mol. The van der Waals surface area contributed by atoms with Gasteiger partial charge in [0, 0.05) is 10.6 Å². The number of fused-ring (bicyclic) bond motifs is 1. The molecular weight excluding hydrogens is 297 g/mol. The zero-order valence-corrected chi connectivity index (χ0v) is 11.4. The summed E-state index contributed by atoms with van der Waals surface area (Å²) < 4.78 is 19.7. The highest BCUT2D eigenvalue weighted by Gasteiger charge is 2.11. The Balaban J connectivity index is 2.24. The molecule has 0 unspecified atom stereocenters. The van der Waals surface area contributed by atoms with Crippen molar-refractivity contribution in [2.24, 2.45) is 0 Å². The van der Waals surface area contributed by atoms with Gasteiger partial charge >= 0.3 is 11.4 Å². The lowest BCUT2D eigenvalue weighted by Crippen LogP contribution is -2.25. The molecule has 0 aliphatic carbocycles. The highest BCUT2D eigenvalue weighted by Crippen LogP contribution is 2.17. The van der Waals surface area contributed by atoms with E-state index >= 15 is 0 Å².